The molecule has 1 aromatic heterocycles. The zero-order valence-electron chi connectivity index (χ0n) is 10.8. The molecular weight excluding hydrogens is 288 g/mol. The molecule has 1 N–H and O–H groups in total. The molecule has 6 heteroatoms. The standard InChI is InChI=1S/C15H10N2O3S/c18-11-5-3-4-10(8-11)15-16-13(9-21-15)12-6-1-2-7-14(12)17(19)20/h1-9,18H. The summed E-state index contributed by atoms with van der Waals surface area (Å²) in [7, 11) is 0. The second-order valence-corrected chi connectivity index (χ2v) is 5.22. The van der Waals surface area contributed by atoms with Gasteiger partial charge in [0.15, 0.2) is 0 Å². The second-order valence-electron chi connectivity index (χ2n) is 4.36. The number of hydrogen-bond acceptors (Lipinski definition) is 5. The Kier molecular flexibility index (Phi) is 3.37. The van der Waals surface area contributed by atoms with E-state index in [-0.39, 0.29) is 11.4 Å². The highest BCUT2D eigenvalue weighted by Crippen LogP contribution is 2.34. The molecule has 0 aliphatic rings. The molecule has 0 amide bonds. The van der Waals surface area contributed by atoms with Crippen molar-refractivity contribution in [1.29, 1.82) is 0 Å². The summed E-state index contributed by atoms with van der Waals surface area (Å²) in [5, 5.41) is 23.1. The lowest BCUT2D eigenvalue weighted by molar-refractivity contribution is -0.384. The van der Waals surface area contributed by atoms with Gasteiger partial charge in [-0.15, -0.1) is 11.3 Å². The van der Waals surface area contributed by atoms with Crippen molar-refractivity contribution in [3.05, 3.63) is 64.0 Å². The van der Waals surface area contributed by atoms with Crippen molar-refractivity contribution >= 4 is 17.0 Å². The quantitative estimate of drug-likeness (QED) is 0.583. The number of phenolic OH excluding ortho intramolecular Hbond substituents is 1. The molecule has 104 valence electrons. The van der Waals surface area contributed by atoms with Crippen LogP contribution in [0.3, 0.4) is 0 Å². The van der Waals surface area contributed by atoms with E-state index in [1.165, 1.54) is 17.4 Å². The monoisotopic (exact) mass is 298 g/mol. The minimum absolute atomic E-state index is 0.0326. The Bertz CT molecular complexity index is 814. The van der Waals surface area contributed by atoms with Gasteiger partial charge in [-0.3, -0.25) is 10.1 Å². The van der Waals surface area contributed by atoms with Gasteiger partial charge in [0.25, 0.3) is 5.69 Å². The van der Waals surface area contributed by atoms with Gasteiger partial charge in [0, 0.05) is 17.0 Å². The molecule has 0 radical (unpaired) electrons. The van der Waals surface area contributed by atoms with Gasteiger partial charge in [0.05, 0.1) is 16.2 Å². The van der Waals surface area contributed by atoms with Crippen molar-refractivity contribution in [2.45, 2.75) is 0 Å². The SMILES string of the molecule is O=[N+]([O-])c1ccccc1-c1csc(-c2cccc(O)c2)n1. The Morgan fingerprint density at radius 1 is 1.14 bits per heavy atom. The van der Waals surface area contributed by atoms with Crippen LogP contribution in [0.4, 0.5) is 5.69 Å². The Morgan fingerprint density at radius 3 is 2.71 bits per heavy atom. The van der Waals surface area contributed by atoms with Crippen LogP contribution in [0, 0.1) is 10.1 Å². The molecule has 5 nitrogen and oxygen atoms in total. The largest absolute Gasteiger partial charge is 0.508 e. The fraction of sp³-hybridized carbons (Fsp3) is 0. The van der Waals surface area contributed by atoms with Gasteiger partial charge in [-0.1, -0.05) is 24.3 Å². The minimum Gasteiger partial charge on any atom is -0.508 e. The Balaban J connectivity index is 2.05. The van der Waals surface area contributed by atoms with Crippen LogP contribution in [0.25, 0.3) is 21.8 Å². The summed E-state index contributed by atoms with van der Waals surface area (Å²) in [5.41, 5.74) is 1.87. The average Bonchev–Trinajstić information content (AvgIpc) is 2.97. The van der Waals surface area contributed by atoms with Crippen molar-refractivity contribution in [3.8, 4) is 27.6 Å². The van der Waals surface area contributed by atoms with Crippen LogP contribution in [0.1, 0.15) is 0 Å². The summed E-state index contributed by atoms with van der Waals surface area (Å²) < 4.78 is 0. The summed E-state index contributed by atoms with van der Waals surface area (Å²) >= 11 is 1.38. The molecule has 21 heavy (non-hydrogen) atoms. The molecule has 0 aliphatic heterocycles. The number of para-hydroxylation sites is 1. The summed E-state index contributed by atoms with van der Waals surface area (Å²) in [6.07, 6.45) is 0. The molecule has 0 fully saturated rings. The maximum atomic E-state index is 11.1. The van der Waals surface area contributed by atoms with Crippen LogP contribution >= 0.6 is 11.3 Å². The topological polar surface area (TPSA) is 76.3 Å². The van der Waals surface area contributed by atoms with E-state index in [0.717, 1.165) is 5.56 Å². The maximum Gasteiger partial charge on any atom is 0.278 e. The second kappa shape index (κ2) is 5.34. The molecule has 0 saturated heterocycles. The Morgan fingerprint density at radius 2 is 1.95 bits per heavy atom. The summed E-state index contributed by atoms with van der Waals surface area (Å²) in [6.45, 7) is 0. The molecule has 0 atom stereocenters. The third-order valence-electron chi connectivity index (χ3n) is 2.97. The summed E-state index contributed by atoms with van der Waals surface area (Å²) in [4.78, 5) is 15.1. The molecule has 0 saturated carbocycles. The number of benzene rings is 2. The van der Waals surface area contributed by atoms with E-state index in [2.05, 4.69) is 4.98 Å². The van der Waals surface area contributed by atoms with Crippen molar-refractivity contribution in [2.75, 3.05) is 0 Å². The molecule has 2 aromatic carbocycles. The lowest BCUT2D eigenvalue weighted by atomic mass is 10.1. The lowest BCUT2D eigenvalue weighted by Crippen LogP contribution is -1.91. The number of nitro groups is 1. The van der Waals surface area contributed by atoms with E-state index < -0.39 is 4.92 Å². The van der Waals surface area contributed by atoms with Crippen molar-refractivity contribution in [2.24, 2.45) is 0 Å². The first kappa shape index (κ1) is 13.3. The number of nitrogens with zero attached hydrogens (tertiary/aromatic N) is 2. The molecule has 0 unspecified atom stereocenters. The molecule has 0 spiro atoms. The van der Waals surface area contributed by atoms with Crippen LogP contribution in [-0.2, 0) is 0 Å². The molecule has 3 aromatic rings. The van der Waals surface area contributed by atoms with E-state index >= 15 is 0 Å². The third-order valence-corrected chi connectivity index (χ3v) is 3.87. The zero-order valence-corrected chi connectivity index (χ0v) is 11.6. The maximum absolute atomic E-state index is 11.1. The molecule has 0 aliphatic carbocycles. The molecular formula is C15H10N2O3S. The van der Waals surface area contributed by atoms with E-state index in [4.69, 9.17) is 0 Å². The smallest absolute Gasteiger partial charge is 0.278 e. The van der Waals surface area contributed by atoms with Crippen LogP contribution in [-0.4, -0.2) is 15.0 Å². The van der Waals surface area contributed by atoms with Crippen LogP contribution in [0.5, 0.6) is 5.75 Å². The van der Waals surface area contributed by atoms with Gasteiger partial charge in [0.1, 0.15) is 10.8 Å². The van der Waals surface area contributed by atoms with E-state index in [1.807, 2.05) is 6.07 Å². The number of thiazole rings is 1. The van der Waals surface area contributed by atoms with Crippen LogP contribution < -0.4 is 0 Å². The Labute approximate surface area is 124 Å². The fourth-order valence-corrected chi connectivity index (χ4v) is 2.84. The van der Waals surface area contributed by atoms with Gasteiger partial charge < -0.3 is 5.11 Å². The number of phenols is 1. The zero-order chi connectivity index (χ0) is 14.8. The van der Waals surface area contributed by atoms with Crippen molar-refractivity contribution < 1.29 is 10.0 Å². The normalized spacial score (nSPS) is 10.5. The Hall–Kier alpha value is -2.73. The van der Waals surface area contributed by atoms with Crippen LogP contribution in [0.2, 0.25) is 0 Å². The van der Waals surface area contributed by atoms with Crippen molar-refractivity contribution in [3.63, 3.8) is 0 Å². The van der Waals surface area contributed by atoms with E-state index in [1.54, 1.807) is 41.8 Å². The fourth-order valence-electron chi connectivity index (χ4n) is 2.02. The molecule has 0 bridgehead atoms. The first-order chi connectivity index (χ1) is 10.1. The molecule has 3 rings (SSSR count). The van der Waals surface area contributed by atoms with Gasteiger partial charge in [-0.2, -0.15) is 0 Å². The van der Waals surface area contributed by atoms with Gasteiger partial charge in [-0.05, 0) is 18.2 Å². The third kappa shape index (κ3) is 2.61. The minimum atomic E-state index is -0.414. The number of aromatic hydroxyl groups is 1. The highest BCUT2D eigenvalue weighted by Gasteiger charge is 2.17. The van der Waals surface area contributed by atoms with E-state index in [9.17, 15) is 15.2 Å². The number of aromatic nitrogens is 1. The number of nitro benzene ring substituents is 1. The van der Waals surface area contributed by atoms with Crippen LogP contribution in [0.15, 0.2) is 53.9 Å². The molecule has 1 heterocycles. The predicted molar refractivity (Wildman–Crippen MR) is 81.3 cm³/mol. The number of rotatable bonds is 3. The van der Waals surface area contributed by atoms with Gasteiger partial charge in [-0.25, -0.2) is 4.98 Å². The first-order valence-electron chi connectivity index (χ1n) is 6.14. The highest BCUT2D eigenvalue weighted by molar-refractivity contribution is 7.13. The highest BCUT2D eigenvalue weighted by atomic mass is 32.1. The van der Waals surface area contributed by atoms with Gasteiger partial charge >= 0.3 is 0 Å². The average molecular weight is 298 g/mol. The lowest BCUT2D eigenvalue weighted by Gasteiger charge is -1.99. The van der Waals surface area contributed by atoms with E-state index in [0.29, 0.717) is 16.3 Å². The first-order valence-corrected chi connectivity index (χ1v) is 7.02. The number of hydrogen-bond donors (Lipinski definition) is 1. The predicted octanol–water partition coefficient (Wildman–Crippen LogP) is 4.09. The summed E-state index contributed by atoms with van der Waals surface area (Å²) in [6, 6.07) is 13.3. The van der Waals surface area contributed by atoms with Gasteiger partial charge in [0.2, 0.25) is 0 Å². The summed E-state index contributed by atoms with van der Waals surface area (Å²) in [5.74, 6) is 0.162. The van der Waals surface area contributed by atoms with Crippen molar-refractivity contribution in [1.82, 2.24) is 4.98 Å².